The summed E-state index contributed by atoms with van der Waals surface area (Å²) in [5, 5.41) is 8.78. The van der Waals surface area contributed by atoms with Crippen LogP contribution in [0.4, 0.5) is 0 Å². The largest absolute Gasteiger partial charge is 0.460 e. The van der Waals surface area contributed by atoms with Crippen LogP contribution in [-0.2, 0) is 9.53 Å². The highest BCUT2D eigenvalue weighted by molar-refractivity contribution is 5.73. The van der Waals surface area contributed by atoms with Crippen molar-refractivity contribution in [3.05, 3.63) is 0 Å². The average Bonchev–Trinajstić information content (AvgIpc) is 1.87. The number of hydrogen-bond donors (Lipinski definition) is 1. The summed E-state index contributed by atoms with van der Waals surface area (Å²) in [6.07, 6.45) is -1.15. The van der Waals surface area contributed by atoms with E-state index in [1.54, 1.807) is 0 Å². The maximum absolute atomic E-state index is 10.8. The van der Waals surface area contributed by atoms with Gasteiger partial charge in [0.05, 0.1) is 0 Å². The first-order chi connectivity index (χ1) is 4.95. The van der Waals surface area contributed by atoms with Crippen LogP contribution in [0.2, 0.25) is 0 Å². The van der Waals surface area contributed by atoms with Gasteiger partial charge in [-0.1, -0.05) is 13.8 Å². The van der Waals surface area contributed by atoms with Crippen molar-refractivity contribution in [3.8, 4) is 0 Å². The Morgan fingerprint density at radius 2 is 1.73 bits per heavy atom. The summed E-state index contributed by atoms with van der Waals surface area (Å²) in [5.41, 5.74) is 0. The fourth-order valence-corrected chi connectivity index (χ4v) is 0.418. The molecule has 0 aromatic rings. The molecule has 0 aliphatic rings. The Morgan fingerprint density at radius 3 is 2.00 bits per heavy atom. The number of aliphatic hydroxyl groups excluding tert-OH is 1. The molecule has 0 spiro atoms. The van der Waals surface area contributed by atoms with Gasteiger partial charge in [-0.2, -0.15) is 0 Å². The first-order valence-electron chi connectivity index (χ1n) is 3.83. The quantitative estimate of drug-likeness (QED) is 0.625. The number of ether oxygens (including phenoxy) is 1. The average molecular weight is 160 g/mol. The van der Waals surface area contributed by atoms with Crippen molar-refractivity contribution in [1.82, 2.24) is 0 Å². The molecule has 0 bridgehead atoms. The second-order valence-electron chi connectivity index (χ2n) is 3.06. The van der Waals surface area contributed by atoms with E-state index in [4.69, 9.17) is 9.84 Å². The highest BCUT2D eigenvalue weighted by atomic mass is 16.6. The van der Waals surface area contributed by atoms with Gasteiger partial charge in [0, 0.05) is 0 Å². The van der Waals surface area contributed by atoms with Gasteiger partial charge in [-0.25, -0.2) is 4.79 Å². The van der Waals surface area contributed by atoms with E-state index in [2.05, 4.69) is 0 Å². The molecule has 0 saturated heterocycles. The third kappa shape index (κ3) is 3.98. The second kappa shape index (κ2) is 4.34. The molecule has 0 aromatic heterocycles. The topological polar surface area (TPSA) is 46.5 Å². The zero-order valence-electron chi connectivity index (χ0n) is 7.50. The van der Waals surface area contributed by atoms with Crippen molar-refractivity contribution in [2.45, 2.75) is 39.9 Å². The lowest BCUT2D eigenvalue weighted by atomic mass is 10.1. The van der Waals surface area contributed by atoms with Gasteiger partial charge in [0.15, 0.2) is 0 Å². The highest BCUT2D eigenvalue weighted by Crippen LogP contribution is 2.06. The third-order valence-corrected chi connectivity index (χ3v) is 1.58. The van der Waals surface area contributed by atoms with E-state index in [0.29, 0.717) is 0 Å². The van der Waals surface area contributed by atoms with Gasteiger partial charge in [0.1, 0.15) is 12.2 Å². The molecule has 66 valence electrons. The predicted molar refractivity (Wildman–Crippen MR) is 42.1 cm³/mol. The zero-order chi connectivity index (χ0) is 9.02. The van der Waals surface area contributed by atoms with E-state index in [0.717, 1.165) is 0 Å². The molecule has 0 saturated carbocycles. The third-order valence-electron chi connectivity index (χ3n) is 1.58. The summed E-state index contributed by atoms with van der Waals surface area (Å²) in [7, 11) is 0. The normalized spacial score (nSPS) is 16.2. The van der Waals surface area contributed by atoms with Gasteiger partial charge in [0.25, 0.3) is 0 Å². The van der Waals surface area contributed by atoms with Crippen LogP contribution in [0.25, 0.3) is 0 Å². The molecule has 2 unspecified atom stereocenters. The standard InChI is InChI=1S/C8H16O3/c1-5(2)7(4)11-8(10)6(3)9/h5-7,9H,1-4H3. The monoisotopic (exact) mass is 160 g/mol. The van der Waals surface area contributed by atoms with Gasteiger partial charge in [-0.15, -0.1) is 0 Å². The Balaban J connectivity index is 3.76. The molecule has 0 aromatic carbocycles. The Morgan fingerprint density at radius 1 is 1.27 bits per heavy atom. The Labute approximate surface area is 67.4 Å². The van der Waals surface area contributed by atoms with Gasteiger partial charge in [-0.3, -0.25) is 0 Å². The van der Waals surface area contributed by atoms with Gasteiger partial charge in [-0.05, 0) is 19.8 Å². The lowest BCUT2D eigenvalue weighted by Crippen LogP contribution is -2.26. The minimum atomic E-state index is -1.02. The first kappa shape index (κ1) is 10.4. The minimum Gasteiger partial charge on any atom is -0.460 e. The summed E-state index contributed by atoms with van der Waals surface area (Å²) in [6, 6.07) is 0. The molecule has 3 nitrogen and oxygen atoms in total. The molecule has 1 N–H and O–H groups in total. The molecule has 11 heavy (non-hydrogen) atoms. The van der Waals surface area contributed by atoms with Crippen LogP contribution in [0.3, 0.4) is 0 Å². The SMILES string of the molecule is CC(O)C(=O)OC(C)C(C)C. The smallest absolute Gasteiger partial charge is 0.334 e. The number of carbonyl (C=O) groups is 1. The molecule has 0 aliphatic heterocycles. The lowest BCUT2D eigenvalue weighted by molar-refractivity contribution is -0.159. The highest BCUT2D eigenvalue weighted by Gasteiger charge is 2.16. The fraction of sp³-hybridized carbons (Fsp3) is 0.875. The number of hydrogen-bond acceptors (Lipinski definition) is 3. The van der Waals surface area contributed by atoms with Gasteiger partial charge >= 0.3 is 5.97 Å². The van der Waals surface area contributed by atoms with Crippen LogP contribution in [0.15, 0.2) is 0 Å². The molecule has 0 fully saturated rings. The van der Waals surface area contributed by atoms with Gasteiger partial charge < -0.3 is 9.84 Å². The Bertz CT molecular complexity index is 129. The summed E-state index contributed by atoms with van der Waals surface area (Å²) >= 11 is 0. The van der Waals surface area contributed by atoms with Crippen LogP contribution < -0.4 is 0 Å². The summed E-state index contributed by atoms with van der Waals surface area (Å²) in [4.78, 5) is 10.8. The van der Waals surface area contributed by atoms with E-state index in [1.165, 1.54) is 6.92 Å². The molecule has 0 radical (unpaired) electrons. The predicted octanol–water partition coefficient (Wildman–Crippen LogP) is 0.955. The molecule has 0 amide bonds. The lowest BCUT2D eigenvalue weighted by Gasteiger charge is -2.17. The summed E-state index contributed by atoms with van der Waals surface area (Å²) in [6.45, 7) is 7.13. The fourth-order valence-electron chi connectivity index (χ4n) is 0.418. The Kier molecular flexibility index (Phi) is 4.11. The van der Waals surface area contributed by atoms with Crippen molar-refractivity contribution in [3.63, 3.8) is 0 Å². The van der Waals surface area contributed by atoms with Crippen LogP contribution in [0.5, 0.6) is 0 Å². The summed E-state index contributed by atoms with van der Waals surface area (Å²) < 4.78 is 4.88. The van der Waals surface area contributed by atoms with Crippen molar-refractivity contribution in [1.29, 1.82) is 0 Å². The molecule has 2 atom stereocenters. The minimum absolute atomic E-state index is 0.128. The molecule has 0 rings (SSSR count). The van der Waals surface area contributed by atoms with Crippen LogP contribution >= 0.6 is 0 Å². The zero-order valence-corrected chi connectivity index (χ0v) is 7.50. The van der Waals surface area contributed by atoms with E-state index in [1.807, 2.05) is 20.8 Å². The van der Waals surface area contributed by atoms with Crippen LogP contribution in [-0.4, -0.2) is 23.3 Å². The van der Waals surface area contributed by atoms with Crippen molar-refractivity contribution in [2.75, 3.05) is 0 Å². The van der Waals surface area contributed by atoms with Crippen LogP contribution in [0.1, 0.15) is 27.7 Å². The molecule has 3 heteroatoms. The molecular weight excluding hydrogens is 144 g/mol. The molecular formula is C8H16O3. The van der Waals surface area contributed by atoms with E-state index in [9.17, 15) is 4.79 Å². The number of esters is 1. The van der Waals surface area contributed by atoms with E-state index >= 15 is 0 Å². The molecule has 0 aliphatic carbocycles. The number of carbonyl (C=O) groups excluding carboxylic acids is 1. The van der Waals surface area contributed by atoms with Gasteiger partial charge in [0.2, 0.25) is 0 Å². The van der Waals surface area contributed by atoms with Crippen molar-refractivity contribution < 1.29 is 14.6 Å². The van der Waals surface area contributed by atoms with Crippen LogP contribution in [0, 0.1) is 5.92 Å². The maximum atomic E-state index is 10.8. The second-order valence-corrected chi connectivity index (χ2v) is 3.06. The van der Waals surface area contributed by atoms with E-state index < -0.39 is 12.1 Å². The summed E-state index contributed by atoms with van der Waals surface area (Å²) in [5.74, 6) is -0.260. The maximum Gasteiger partial charge on any atom is 0.334 e. The Hall–Kier alpha value is -0.570. The van der Waals surface area contributed by atoms with Crippen molar-refractivity contribution in [2.24, 2.45) is 5.92 Å². The number of rotatable bonds is 3. The first-order valence-corrected chi connectivity index (χ1v) is 3.83. The van der Waals surface area contributed by atoms with E-state index in [-0.39, 0.29) is 12.0 Å². The number of aliphatic hydroxyl groups is 1. The molecule has 0 heterocycles. The van der Waals surface area contributed by atoms with Crippen molar-refractivity contribution >= 4 is 5.97 Å².